The van der Waals surface area contributed by atoms with Gasteiger partial charge in [0.05, 0.1) is 14.2 Å². The minimum absolute atomic E-state index is 0. The molecule has 1 saturated heterocycles. The van der Waals surface area contributed by atoms with Gasteiger partial charge in [-0.15, -0.1) is 12.4 Å². The van der Waals surface area contributed by atoms with Crippen LogP contribution in [0.3, 0.4) is 0 Å². The van der Waals surface area contributed by atoms with Crippen LogP contribution in [0.1, 0.15) is 31.9 Å². The summed E-state index contributed by atoms with van der Waals surface area (Å²) in [5, 5.41) is 0.318. The topological polar surface area (TPSA) is 120 Å². The van der Waals surface area contributed by atoms with Gasteiger partial charge in [0.1, 0.15) is 17.2 Å². The molecule has 37 heavy (non-hydrogen) atoms. The van der Waals surface area contributed by atoms with Gasteiger partial charge in [-0.3, -0.25) is 4.79 Å². The first kappa shape index (κ1) is 28.1. The molecule has 9 nitrogen and oxygen atoms in total. The zero-order chi connectivity index (χ0) is 26.1. The van der Waals surface area contributed by atoms with Crippen molar-refractivity contribution < 1.29 is 23.0 Å². The number of nitrogen functional groups attached to an aromatic ring is 1. The second-order valence-corrected chi connectivity index (χ2v) is 8.99. The molecule has 2 aromatic carbocycles. The van der Waals surface area contributed by atoms with Crippen molar-refractivity contribution in [2.75, 3.05) is 37.9 Å². The van der Waals surface area contributed by atoms with E-state index < -0.39 is 11.9 Å². The normalized spacial score (nSPS) is 18.4. The van der Waals surface area contributed by atoms with E-state index in [1.807, 2.05) is 18.7 Å². The van der Waals surface area contributed by atoms with E-state index in [-0.39, 0.29) is 71.4 Å². The van der Waals surface area contributed by atoms with Gasteiger partial charge in [-0.25, -0.2) is 13.8 Å². The standard InChI is InChI=1S/C25H30F2N6O3.ClH/c1-13-12-33(14(2)11-32(13)20(34)10-18(28)15-5-7-16(26)8-6-15)25-30-22-17(24(29)31-25)9-19(35-3)23(36-4)21(22)27;/h5-9,13-14,18H,10-12,28H2,1-4H3,(H2,29,30,31);1H/t13-,14+,18?;/m1./s1. The number of hydrogen-bond donors (Lipinski definition) is 2. The summed E-state index contributed by atoms with van der Waals surface area (Å²) in [6, 6.07) is 6.46. The number of fused-ring (bicyclic) bond motifs is 1. The Labute approximate surface area is 220 Å². The van der Waals surface area contributed by atoms with Crippen molar-refractivity contribution >= 4 is 41.0 Å². The number of amides is 1. The Hall–Kier alpha value is -3.44. The molecule has 1 aliphatic heterocycles. The molecule has 0 saturated carbocycles. The van der Waals surface area contributed by atoms with Gasteiger partial charge in [-0.2, -0.15) is 4.98 Å². The van der Waals surface area contributed by atoms with Crippen molar-refractivity contribution in [3.8, 4) is 11.5 Å². The van der Waals surface area contributed by atoms with Crippen molar-refractivity contribution in [3.63, 3.8) is 0 Å². The second-order valence-electron chi connectivity index (χ2n) is 8.99. The van der Waals surface area contributed by atoms with Crippen LogP contribution in [-0.4, -0.2) is 60.2 Å². The lowest BCUT2D eigenvalue weighted by Gasteiger charge is -2.44. The summed E-state index contributed by atoms with van der Waals surface area (Å²) in [4.78, 5) is 25.6. The Kier molecular flexibility index (Phi) is 8.60. The van der Waals surface area contributed by atoms with Gasteiger partial charge < -0.3 is 30.7 Å². The van der Waals surface area contributed by atoms with Crippen molar-refractivity contribution in [1.82, 2.24) is 14.9 Å². The number of anilines is 2. The van der Waals surface area contributed by atoms with Crippen LogP contribution in [0, 0.1) is 11.6 Å². The van der Waals surface area contributed by atoms with Crippen LogP contribution in [-0.2, 0) is 4.79 Å². The van der Waals surface area contributed by atoms with Crippen LogP contribution < -0.4 is 25.8 Å². The van der Waals surface area contributed by atoms with Gasteiger partial charge in [0.15, 0.2) is 17.3 Å². The summed E-state index contributed by atoms with van der Waals surface area (Å²) in [5.74, 6) is -0.648. The van der Waals surface area contributed by atoms with Gasteiger partial charge in [0.25, 0.3) is 0 Å². The third-order valence-electron chi connectivity index (χ3n) is 6.55. The van der Waals surface area contributed by atoms with Gasteiger partial charge >= 0.3 is 0 Å². The molecule has 4 rings (SSSR count). The van der Waals surface area contributed by atoms with Crippen molar-refractivity contribution in [1.29, 1.82) is 0 Å². The number of aromatic nitrogens is 2. The Bertz CT molecular complexity index is 1280. The Balaban J connectivity index is 0.00000380. The van der Waals surface area contributed by atoms with Gasteiger partial charge in [0, 0.05) is 43.0 Å². The number of benzene rings is 2. The average molecular weight is 537 g/mol. The van der Waals surface area contributed by atoms with E-state index >= 15 is 4.39 Å². The Morgan fingerprint density at radius 1 is 1.11 bits per heavy atom. The van der Waals surface area contributed by atoms with E-state index in [0.29, 0.717) is 24.0 Å². The first-order chi connectivity index (χ1) is 17.1. The first-order valence-electron chi connectivity index (χ1n) is 11.6. The quantitative estimate of drug-likeness (QED) is 0.491. The maximum Gasteiger partial charge on any atom is 0.228 e. The van der Waals surface area contributed by atoms with E-state index in [2.05, 4.69) is 9.97 Å². The van der Waals surface area contributed by atoms with E-state index in [4.69, 9.17) is 20.9 Å². The third kappa shape index (κ3) is 5.47. The largest absolute Gasteiger partial charge is 0.493 e. The molecule has 3 atom stereocenters. The molecule has 12 heteroatoms. The first-order valence-corrected chi connectivity index (χ1v) is 11.6. The lowest BCUT2D eigenvalue weighted by atomic mass is 10.0. The van der Waals surface area contributed by atoms with Gasteiger partial charge in [-0.05, 0) is 37.6 Å². The minimum Gasteiger partial charge on any atom is -0.493 e. The molecule has 1 amide bonds. The monoisotopic (exact) mass is 536 g/mol. The van der Waals surface area contributed by atoms with Crippen molar-refractivity contribution in [2.24, 2.45) is 5.73 Å². The maximum absolute atomic E-state index is 15.2. The summed E-state index contributed by atoms with van der Waals surface area (Å²) in [7, 11) is 2.76. The number of ether oxygens (including phenoxy) is 2. The molecule has 3 aromatic rings. The number of nitrogens with zero attached hydrogens (tertiary/aromatic N) is 4. The SMILES string of the molecule is COc1cc2c(N)nc(N3C[C@@H](C)N(C(=O)CC(N)c4ccc(F)cc4)C[C@@H]3C)nc2c(F)c1OC.Cl. The third-order valence-corrected chi connectivity index (χ3v) is 6.55. The number of carbonyl (C=O) groups is 1. The highest BCUT2D eigenvalue weighted by molar-refractivity contribution is 5.92. The maximum atomic E-state index is 15.2. The van der Waals surface area contributed by atoms with Crippen LogP contribution in [0.5, 0.6) is 11.5 Å². The molecule has 0 bridgehead atoms. The summed E-state index contributed by atoms with van der Waals surface area (Å²) in [6.07, 6.45) is 0.0922. The van der Waals surface area contributed by atoms with Gasteiger partial charge in [0.2, 0.25) is 11.9 Å². The second kappa shape index (κ2) is 11.3. The molecule has 1 aliphatic rings. The molecule has 200 valence electrons. The average Bonchev–Trinajstić information content (AvgIpc) is 2.85. The van der Waals surface area contributed by atoms with Crippen LogP contribution in [0.25, 0.3) is 10.9 Å². The van der Waals surface area contributed by atoms with Crippen molar-refractivity contribution in [3.05, 3.63) is 47.5 Å². The fraction of sp³-hybridized carbons (Fsp3) is 0.400. The van der Waals surface area contributed by atoms with Crippen LogP contribution in [0.15, 0.2) is 30.3 Å². The number of nitrogens with two attached hydrogens (primary N) is 2. The van der Waals surface area contributed by atoms with E-state index in [0.717, 1.165) is 0 Å². The molecule has 1 unspecified atom stereocenters. The number of rotatable bonds is 6. The minimum atomic E-state index is -0.688. The highest BCUT2D eigenvalue weighted by Crippen LogP contribution is 2.38. The van der Waals surface area contributed by atoms with Crippen LogP contribution in [0.4, 0.5) is 20.5 Å². The van der Waals surface area contributed by atoms with Crippen LogP contribution >= 0.6 is 12.4 Å². The summed E-state index contributed by atoms with van der Waals surface area (Å²) in [6.45, 7) is 4.66. The molecule has 0 aliphatic carbocycles. The number of methoxy groups -OCH3 is 2. The summed E-state index contributed by atoms with van der Waals surface area (Å²) < 4.78 is 38.8. The zero-order valence-electron chi connectivity index (χ0n) is 21.1. The molecule has 2 heterocycles. The highest BCUT2D eigenvalue weighted by Gasteiger charge is 2.34. The molecule has 1 fully saturated rings. The zero-order valence-corrected chi connectivity index (χ0v) is 21.9. The fourth-order valence-electron chi connectivity index (χ4n) is 4.55. The predicted octanol–water partition coefficient (Wildman–Crippen LogP) is 3.44. The summed E-state index contributed by atoms with van der Waals surface area (Å²) in [5.41, 5.74) is 13.1. The van der Waals surface area contributed by atoms with Gasteiger partial charge in [-0.1, -0.05) is 12.1 Å². The molecule has 0 radical (unpaired) electrons. The predicted molar refractivity (Wildman–Crippen MR) is 140 cm³/mol. The van der Waals surface area contributed by atoms with E-state index in [9.17, 15) is 9.18 Å². The molecular formula is C25H31ClF2N6O3. The number of halogens is 3. The molecule has 4 N–H and O–H groups in total. The lowest BCUT2D eigenvalue weighted by molar-refractivity contribution is -0.134. The van der Waals surface area contributed by atoms with E-state index in [1.165, 1.54) is 26.4 Å². The molecular weight excluding hydrogens is 506 g/mol. The highest BCUT2D eigenvalue weighted by atomic mass is 35.5. The molecule has 1 aromatic heterocycles. The number of carbonyl (C=O) groups excluding carboxylic acids is 1. The van der Waals surface area contributed by atoms with Crippen molar-refractivity contribution in [2.45, 2.75) is 38.4 Å². The molecule has 0 spiro atoms. The Morgan fingerprint density at radius 2 is 1.78 bits per heavy atom. The lowest BCUT2D eigenvalue weighted by Crippen LogP contribution is -2.58. The summed E-state index contributed by atoms with van der Waals surface area (Å²) >= 11 is 0. The number of piperazine rings is 1. The Morgan fingerprint density at radius 3 is 2.41 bits per heavy atom. The number of hydrogen-bond acceptors (Lipinski definition) is 8. The fourth-order valence-corrected chi connectivity index (χ4v) is 4.55. The smallest absolute Gasteiger partial charge is 0.228 e. The van der Waals surface area contributed by atoms with E-state index in [1.54, 1.807) is 23.1 Å². The van der Waals surface area contributed by atoms with Crippen LogP contribution in [0.2, 0.25) is 0 Å².